The van der Waals surface area contributed by atoms with Crippen molar-refractivity contribution in [3.63, 3.8) is 0 Å². The summed E-state index contributed by atoms with van der Waals surface area (Å²) in [6.45, 7) is 1.61. The SMILES string of the molecule is COc1cccc(NC(C)(C(=O)O)c2ccc(Cl)cc2)c1. The molecule has 2 N–H and O–H groups in total. The van der Waals surface area contributed by atoms with Crippen LogP contribution in [0.5, 0.6) is 5.75 Å². The number of hydrogen-bond donors (Lipinski definition) is 2. The van der Waals surface area contributed by atoms with Gasteiger partial charge in [0.25, 0.3) is 0 Å². The van der Waals surface area contributed by atoms with Crippen LogP contribution in [0.1, 0.15) is 12.5 Å². The fourth-order valence-corrected chi connectivity index (χ4v) is 2.15. The quantitative estimate of drug-likeness (QED) is 0.883. The summed E-state index contributed by atoms with van der Waals surface area (Å²) >= 11 is 5.86. The molecule has 0 saturated heterocycles. The van der Waals surface area contributed by atoms with Crippen molar-refractivity contribution in [1.82, 2.24) is 0 Å². The topological polar surface area (TPSA) is 58.6 Å². The van der Waals surface area contributed by atoms with Crippen LogP contribution in [0.2, 0.25) is 5.02 Å². The normalized spacial score (nSPS) is 13.3. The molecule has 0 amide bonds. The van der Waals surface area contributed by atoms with Gasteiger partial charge in [0.05, 0.1) is 7.11 Å². The third-order valence-corrected chi connectivity index (χ3v) is 3.57. The Hall–Kier alpha value is -2.20. The Morgan fingerprint density at radius 2 is 1.90 bits per heavy atom. The van der Waals surface area contributed by atoms with Crippen molar-refractivity contribution in [3.8, 4) is 5.75 Å². The smallest absolute Gasteiger partial charge is 0.333 e. The first-order valence-corrected chi connectivity index (χ1v) is 6.75. The van der Waals surface area contributed by atoms with Crippen LogP contribution in [0.4, 0.5) is 5.69 Å². The van der Waals surface area contributed by atoms with Crippen LogP contribution in [0.25, 0.3) is 0 Å². The predicted octanol–water partition coefficient (Wildman–Crippen LogP) is 3.76. The van der Waals surface area contributed by atoms with Crippen LogP contribution in [0.15, 0.2) is 48.5 Å². The van der Waals surface area contributed by atoms with Gasteiger partial charge in [-0.1, -0.05) is 29.8 Å². The van der Waals surface area contributed by atoms with E-state index in [9.17, 15) is 9.90 Å². The van der Waals surface area contributed by atoms with Gasteiger partial charge < -0.3 is 15.2 Å². The van der Waals surface area contributed by atoms with Crippen molar-refractivity contribution in [3.05, 3.63) is 59.1 Å². The number of anilines is 1. The average Bonchev–Trinajstić information content (AvgIpc) is 2.47. The van der Waals surface area contributed by atoms with Crippen molar-refractivity contribution in [1.29, 1.82) is 0 Å². The molecule has 0 aliphatic rings. The van der Waals surface area contributed by atoms with E-state index < -0.39 is 11.5 Å². The highest BCUT2D eigenvalue weighted by molar-refractivity contribution is 6.30. The molecular formula is C16H16ClNO3. The molecule has 1 unspecified atom stereocenters. The number of halogens is 1. The van der Waals surface area contributed by atoms with Crippen LogP contribution in [0.3, 0.4) is 0 Å². The number of benzene rings is 2. The zero-order chi connectivity index (χ0) is 15.5. The van der Waals surface area contributed by atoms with Gasteiger partial charge >= 0.3 is 5.97 Å². The lowest BCUT2D eigenvalue weighted by Crippen LogP contribution is -2.40. The maximum Gasteiger partial charge on any atom is 0.333 e. The predicted molar refractivity (Wildman–Crippen MR) is 83.1 cm³/mol. The van der Waals surface area contributed by atoms with E-state index in [0.29, 0.717) is 22.0 Å². The Balaban J connectivity index is 2.38. The van der Waals surface area contributed by atoms with Crippen LogP contribution in [0, 0.1) is 0 Å². The van der Waals surface area contributed by atoms with E-state index in [-0.39, 0.29) is 0 Å². The number of hydrogen-bond acceptors (Lipinski definition) is 3. The molecular weight excluding hydrogens is 290 g/mol. The lowest BCUT2D eigenvalue weighted by Gasteiger charge is -2.28. The number of ether oxygens (including phenoxy) is 1. The van der Waals surface area contributed by atoms with Crippen molar-refractivity contribution < 1.29 is 14.6 Å². The maximum atomic E-state index is 11.7. The molecule has 0 fully saturated rings. The first kappa shape index (κ1) is 15.2. The van der Waals surface area contributed by atoms with E-state index in [1.54, 1.807) is 62.6 Å². The second-order valence-electron chi connectivity index (χ2n) is 4.79. The summed E-state index contributed by atoms with van der Waals surface area (Å²) in [5.74, 6) is -0.323. The molecule has 0 bridgehead atoms. The molecule has 0 aliphatic carbocycles. The van der Waals surface area contributed by atoms with Gasteiger partial charge in [-0.25, -0.2) is 4.79 Å². The van der Waals surface area contributed by atoms with Crippen molar-refractivity contribution in [2.45, 2.75) is 12.5 Å². The highest BCUT2D eigenvalue weighted by Gasteiger charge is 2.35. The van der Waals surface area contributed by atoms with E-state index in [0.717, 1.165) is 0 Å². The molecule has 0 saturated carbocycles. The van der Waals surface area contributed by atoms with Gasteiger partial charge in [0.15, 0.2) is 5.54 Å². The zero-order valence-electron chi connectivity index (χ0n) is 11.8. The molecule has 110 valence electrons. The second kappa shape index (κ2) is 6.06. The molecule has 4 nitrogen and oxygen atoms in total. The second-order valence-corrected chi connectivity index (χ2v) is 5.23. The minimum absolute atomic E-state index is 0.563. The van der Waals surface area contributed by atoms with Gasteiger partial charge in [-0.2, -0.15) is 0 Å². The Labute approximate surface area is 128 Å². The molecule has 0 aliphatic heterocycles. The summed E-state index contributed by atoms with van der Waals surface area (Å²) in [5.41, 5.74) is 0.00755. The standard InChI is InChI=1S/C16H16ClNO3/c1-16(15(19)20,11-6-8-12(17)9-7-11)18-13-4-3-5-14(10-13)21-2/h3-10,18H,1-2H3,(H,19,20). The third kappa shape index (κ3) is 3.28. The fraction of sp³-hybridized carbons (Fsp3) is 0.188. The summed E-state index contributed by atoms with van der Waals surface area (Å²) in [5, 5.41) is 13.2. The fourth-order valence-electron chi connectivity index (χ4n) is 2.02. The molecule has 21 heavy (non-hydrogen) atoms. The molecule has 0 heterocycles. The highest BCUT2D eigenvalue weighted by Crippen LogP contribution is 2.29. The van der Waals surface area contributed by atoms with Gasteiger partial charge in [-0.15, -0.1) is 0 Å². The number of rotatable bonds is 5. The number of methoxy groups -OCH3 is 1. The molecule has 1 atom stereocenters. The number of nitrogens with one attached hydrogen (secondary N) is 1. The summed E-state index contributed by atoms with van der Waals surface area (Å²) in [7, 11) is 1.56. The Morgan fingerprint density at radius 3 is 2.48 bits per heavy atom. The lowest BCUT2D eigenvalue weighted by molar-refractivity contribution is -0.142. The molecule has 0 aromatic heterocycles. The van der Waals surface area contributed by atoms with Crippen LogP contribution >= 0.6 is 11.6 Å². The largest absolute Gasteiger partial charge is 0.497 e. The van der Waals surface area contributed by atoms with Crippen molar-refractivity contribution >= 4 is 23.3 Å². The van der Waals surface area contributed by atoms with E-state index in [1.807, 2.05) is 0 Å². The molecule has 5 heteroatoms. The summed E-state index contributed by atoms with van der Waals surface area (Å²) < 4.78 is 5.15. The number of carbonyl (C=O) groups is 1. The Bertz CT molecular complexity index is 642. The van der Waals surface area contributed by atoms with E-state index in [1.165, 1.54) is 0 Å². The minimum atomic E-state index is -1.27. The number of carboxylic acids is 1. The van der Waals surface area contributed by atoms with Crippen molar-refractivity contribution in [2.75, 3.05) is 12.4 Å². The van der Waals surface area contributed by atoms with Gasteiger partial charge in [0.2, 0.25) is 0 Å². The van der Waals surface area contributed by atoms with Crippen LogP contribution < -0.4 is 10.1 Å². The van der Waals surface area contributed by atoms with Gasteiger partial charge in [0, 0.05) is 16.8 Å². The number of aliphatic carboxylic acids is 1. The minimum Gasteiger partial charge on any atom is -0.497 e. The zero-order valence-corrected chi connectivity index (χ0v) is 12.5. The maximum absolute atomic E-state index is 11.7. The monoisotopic (exact) mass is 305 g/mol. The summed E-state index contributed by atoms with van der Waals surface area (Å²) in [4.78, 5) is 11.7. The Kier molecular flexibility index (Phi) is 4.38. The van der Waals surface area contributed by atoms with Gasteiger partial charge in [-0.3, -0.25) is 0 Å². The van der Waals surface area contributed by atoms with E-state index >= 15 is 0 Å². The highest BCUT2D eigenvalue weighted by atomic mass is 35.5. The number of carboxylic acid groups (broad SMARTS) is 1. The molecule has 0 radical (unpaired) electrons. The van der Waals surface area contributed by atoms with Crippen molar-refractivity contribution in [2.24, 2.45) is 0 Å². The van der Waals surface area contributed by atoms with Crippen LogP contribution in [-0.4, -0.2) is 18.2 Å². The third-order valence-electron chi connectivity index (χ3n) is 3.31. The molecule has 2 aromatic carbocycles. The van der Waals surface area contributed by atoms with Crippen LogP contribution in [-0.2, 0) is 10.3 Å². The lowest BCUT2D eigenvalue weighted by atomic mass is 9.91. The first-order valence-electron chi connectivity index (χ1n) is 6.37. The first-order chi connectivity index (χ1) is 9.95. The summed E-state index contributed by atoms with van der Waals surface area (Å²) in [6.07, 6.45) is 0. The molecule has 2 aromatic rings. The Morgan fingerprint density at radius 1 is 1.24 bits per heavy atom. The molecule has 2 rings (SSSR count). The summed E-state index contributed by atoms with van der Waals surface area (Å²) in [6, 6.07) is 13.9. The average molecular weight is 306 g/mol. The van der Waals surface area contributed by atoms with Gasteiger partial charge in [-0.05, 0) is 36.8 Å². The van der Waals surface area contributed by atoms with E-state index in [2.05, 4.69) is 5.32 Å². The van der Waals surface area contributed by atoms with Gasteiger partial charge in [0.1, 0.15) is 5.75 Å². The molecule has 0 spiro atoms. The van der Waals surface area contributed by atoms with E-state index in [4.69, 9.17) is 16.3 Å².